The van der Waals surface area contributed by atoms with Crippen LogP contribution >= 0.6 is 0 Å². The van der Waals surface area contributed by atoms with Gasteiger partial charge in [0.1, 0.15) is 12.7 Å². The van der Waals surface area contributed by atoms with Crippen molar-refractivity contribution >= 4 is 0 Å². The summed E-state index contributed by atoms with van der Waals surface area (Å²) < 4.78 is 5.90. The van der Waals surface area contributed by atoms with Gasteiger partial charge in [-0.2, -0.15) is 5.06 Å². The van der Waals surface area contributed by atoms with Crippen molar-refractivity contribution in [3.63, 3.8) is 0 Å². The van der Waals surface area contributed by atoms with Gasteiger partial charge in [0.2, 0.25) is 0 Å². The molecule has 0 saturated carbocycles. The molecule has 3 heteroatoms. The molecule has 1 atom stereocenters. The summed E-state index contributed by atoms with van der Waals surface area (Å²) >= 11 is 0. The first kappa shape index (κ1) is 19.0. The van der Waals surface area contributed by atoms with Gasteiger partial charge in [0.15, 0.2) is 0 Å². The number of hydroxylamine groups is 2. The number of nitrogens with zero attached hydrogens (tertiary/aromatic N) is 1. The highest BCUT2D eigenvalue weighted by Crippen LogP contribution is 2.40. The molecule has 0 radical (unpaired) electrons. The molecule has 1 aromatic carbocycles. The van der Waals surface area contributed by atoms with Crippen LogP contribution in [0.3, 0.4) is 0 Å². The Bertz CT molecular complexity index is 532. The van der Waals surface area contributed by atoms with Gasteiger partial charge >= 0.3 is 0 Å². The molecule has 134 valence electrons. The minimum atomic E-state index is -0.113. The quantitative estimate of drug-likeness (QED) is 0.629. The SMILES string of the molecule is CC=C(C)OCC(ON1C(C)(C)CCCC1(C)C)c1ccccc1. The lowest BCUT2D eigenvalue weighted by molar-refractivity contribution is -0.311. The number of hydrogen-bond donors (Lipinski definition) is 0. The van der Waals surface area contributed by atoms with Crippen molar-refractivity contribution in [3.8, 4) is 0 Å². The first-order valence-corrected chi connectivity index (χ1v) is 9.04. The third-order valence-corrected chi connectivity index (χ3v) is 4.95. The minimum absolute atomic E-state index is 0.0183. The topological polar surface area (TPSA) is 21.7 Å². The average molecular weight is 331 g/mol. The van der Waals surface area contributed by atoms with Crippen molar-refractivity contribution in [2.24, 2.45) is 0 Å². The largest absolute Gasteiger partial charge is 0.495 e. The van der Waals surface area contributed by atoms with Gasteiger partial charge < -0.3 is 4.74 Å². The predicted octanol–water partition coefficient (Wildman–Crippen LogP) is 5.64. The molecule has 0 N–H and O–H groups in total. The number of benzene rings is 1. The number of allylic oxidation sites excluding steroid dienone is 2. The molecule has 1 saturated heterocycles. The van der Waals surface area contributed by atoms with Gasteiger partial charge in [-0.3, -0.25) is 4.84 Å². The summed E-state index contributed by atoms with van der Waals surface area (Å²) in [5.41, 5.74) is 1.19. The Labute approximate surface area is 147 Å². The highest BCUT2D eigenvalue weighted by Gasteiger charge is 2.43. The van der Waals surface area contributed by atoms with Crippen LogP contribution in [0.25, 0.3) is 0 Å². The average Bonchev–Trinajstić information content (AvgIpc) is 2.53. The smallest absolute Gasteiger partial charge is 0.138 e. The van der Waals surface area contributed by atoms with Gasteiger partial charge in [-0.15, -0.1) is 0 Å². The summed E-state index contributed by atoms with van der Waals surface area (Å²) in [5.74, 6) is 0.927. The van der Waals surface area contributed by atoms with Gasteiger partial charge in [-0.25, -0.2) is 0 Å². The van der Waals surface area contributed by atoms with Crippen LogP contribution in [0.1, 0.15) is 72.5 Å². The third-order valence-electron chi connectivity index (χ3n) is 4.95. The Balaban J connectivity index is 2.23. The van der Waals surface area contributed by atoms with E-state index in [1.54, 1.807) is 0 Å². The molecule has 2 rings (SSSR count). The number of piperidine rings is 1. The van der Waals surface area contributed by atoms with E-state index in [0.29, 0.717) is 6.61 Å². The second-order valence-corrected chi connectivity index (χ2v) is 7.99. The van der Waals surface area contributed by atoms with Crippen molar-refractivity contribution in [3.05, 3.63) is 47.7 Å². The maximum Gasteiger partial charge on any atom is 0.138 e. The molecule has 1 unspecified atom stereocenters. The molecular formula is C21H33NO2. The maximum atomic E-state index is 6.58. The van der Waals surface area contributed by atoms with Crippen LogP contribution in [0.2, 0.25) is 0 Å². The summed E-state index contributed by atoms with van der Waals surface area (Å²) in [6.45, 7) is 13.6. The molecule has 24 heavy (non-hydrogen) atoms. The van der Waals surface area contributed by atoms with E-state index in [-0.39, 0.29) is 17.2 Å². The van der Waals surface area contributed by atoms with Gasteiger partial charge in [0.05, 0.1) is 5.76 Å². The molecule has 0 spiro atoms. The molecule has 1 aliphatic rings. The fourth-order valence-corrected chi connectivity index (χ4v) is 3.53. The van der Waals surface area contributed by atoms with E-state index in [1.165, 1.54) is 6.42 Å². The van der Waals surface area contributed by atoms with Gasteiger partial charge in [-0.1, -0.05) is 36.4 Å². The zero-order valence-corrected chi connectivity index (χ0v) is 16.1. The van der Waals surface area contributed by atoms with Crippen LogP contribution < -0.4 is 0 Å². The second kappa shape index (κ2) is 7.71. The van der Waals surface area contributed by atoms with Crippen LogP contribution in [0, 0.1) is 0 Å². The van der Waals surface area contributed by atoms with Crippen LogP contribution in [0.4, 0.5) is 0 Å². The predicted molar refractivity (Wildman–Crippen MR) is 99.5 cm³/mol. The van der Waals surface area contributed by atoms with Crippen LogP contribution in [-0.4, -0.2) is 22.7 Å². The molecule has 0 bridgehead atoms. The minimum Gasteiger partial charge on any atom is -0.495 e. The monoisotopic (exact) mass is 331 g/mol. The van der Waals surface area contributed by atoms with Gasteiger partial charge in [0.25, 0.3) is 0 Å². The van der Waals surface area contributed by atoms with Crippen molar-refractivity contribution < 1.29 is 9.57 Å². The van der Waals surface area contributed by atoms with Crippen LogP contribution in [0.5, 0.6) is 0 Å². The van der Waals surface area contributed by atoms with E-state index < -0.39 is 0 Å². The molecule has 3 nitrogen and oxygen atoms in total. The third kappa shape index (κ3) is 4.61. The standard InChI is InChI=1S/C21H33NO2/c1-7-17(2)23-16-19(18-12-9-8-10-13-18)24-22-20(3,4)14-11-15-21(22,5)6/h7-10,12-13,19H,11,14-16H2,1-6H3. The highest BCUT2D eigenvalue weighted by atomic mass is 16.7. The summed E-state index contributed by atoms with van der Waals surface area (Å²) in [6, 6.07) is 10.4. The second-order valence-electron chi connectivity index (χ2n) is 7.99. The zero-order valence-electron chi connectivity index (χ0n) is 16.1. The normalized spacial score (nSPS) is 22.2. The molecule has 0 aliphatic carbocycles. The fourth-order valence-electron chi connectivity index (χ4n) is 3.53. The van der Waals surface area contributed by atoms with Crippen LogP contribution in [-0.2, 0) is 9.57 Å². The van der Waals surface area contributed by atoms with Crippen LogP contribution in [0.15, 0.2) is 42.2 Å². The summed E-state index contributed by atoms with van der Waals surface area (Å²) in [7, 11) is 0. The summed E-state index contributed by atoms with van der Waals surface area (Å²) in [4.78, 5) is 6.58. The van der Waals surface area contributed by atoms with E-state index in [9.17, 15) is 0 Å². The lowest BCUT2D eigenvalue weighted by Crippen LogP contribution is -2.58. The molecule has 0 amide bonds. The Hall–Kier alpha value is -1.32. The van der Waals surface area contributed by atoms with E-state index in [2.05, 4.69) is 57.0 Å². The highest BCUT2D eigenvalue weighted by molar-refractivity contribution is 5.18. The number of rotatable bonds is 6. The van der Waals surface area contributed by atoms with E-state index >= 15 is 0 Å². The summed E-state index contributed by atoms with van der Waals surface area (Å²) in [6.07, 6.45) is 5.40. The lowest BCUT2D eigenvalue weighted by Gasteiger charge is -2.52. The van der Waals surface area contributed by atoms with Gasteiger partial charge in [-0.05, 0) is 66.4 Å². The molecule has 1 fully saturated rings. The maximum absolute atomic E-state index is 6.58. The van der Waals surface area contributed by atoms with Crippen molar-refractivity contribution in [1.29, 1.82) is 0 Å². The van der Waals surface area contributed by atoms with Crippen molar-refractivity contribution in [2.75, 3.05) is 6.61 Å². The van der Waals surface area contributed by atoms with Crippen molar-refractivity contribution in [1.82, 2.24) is 5.06 Å². The molecule has 1 aromatic rings. The Kier molecular flexibility index (Phi) is 6.11. The Morgan fingerprint density at radius 3 is 2.25 bits per heavy atom. The molecular weight excluding hydrogens is 298 g/mol. The molecule has 0 aromatic heterocycles. The van der Waals surface area contributed by atoms with E-state index in [0.717, 1.165) is 24.2 Å². The van der Waals surface area contributed by atoms with E-state index in [1.807, 2.05) is 26.0 Å². The molecule has 1 aliphatic heterocycles. The fraction of sp³-hybridized carbons (Fsp3) is 0.619. The summed E-state index contributed by atoms with van der Waals surface area (Å²) in [5, 5.41) is 2.22. The molecule has 1 heterocycles. The first-order chi connectivity index (χ1) is 11.3. The lowest BCUT2D eigenvalue weighted by atomic mass is 9.82. The Morgan fingerprint density at radius 1 is 1.12 bits per heavy atom. The first-order valence-electron chi connectivity index (χ1n) is 9.04. The van der Waals surface area contributed by atoms with E-state index in [4.69, 9.17) is 9.57 Å². The van der Waals surface area contributed by atoms with Gasteiger partial charge in [0, 0.05) is 11.1 Å². The number of hydrogen-bond acceptors (Lipinski definition) is 3. The Morgan fingerprint density at radius 2 is 1.71 bits per heavy atom. The number of ether oxygens (including phenoxy) is 1. The van der Waals surface area contributed by atoms with Crippen molar-refractivity contribution in [2.45, 2.75) is 78.0 Å². The zero-order chi connectivity index (χ0) is 17.8.